The Bertz CT molecular complexity index is 460. The molecule has 0 atom stereocenters. The molecule has 1 rings (SSSR count). The number of carbonyl (C=O) groups is 1. The first-order chi connectivity index (χ1) is 8.74. The van der Waals surface area contributed by atoms with E-state index in [9.17, 15) is 4.79 Å². The zero-order chi connectivity index (χ0) is 14.6. The molecule has 0 spiro atoms. The fourth-order valence-electron chi connectivity index (χ4n) is 1.46. The summed E-state index contributed by atoms with van der Waals surface area (Å²) in [5, 5.41) is 0.361. The van der Waals surface area contributed by atoms with E-state index in [1.807, 2.05) is 27.7 Å². The van der Waals surface area contributed by atoms with Gasteiger partial charge in [0.1, 0.15) is 10.8 Å². The number of aromatic nitrogens is 1. The number of hydrogen-bond donors (Lipinski definition) is 0. The predicted octanol–water partition coefficient (Wildman–Crippen LogP) is 4.49. The highest BCUT2D eigenvalue weighted by Crippen LogP contribution is 2.26. The van der Waals surface area contributed by atoms with Crippen molar-refractivity contribution in [3.63, 3.8) is 0 Å². The molecule has 1 heterocycles. The summed E-state index contributed by atoms with van der Waals surface area (Å²) in [7, 11) is 0. The quantitative estimate of drug-likeness (QED) is 0.558. The molecule has 106 valence electrons. The lowest BCUT2D eigenvalue weighted by Crippen LogP contribution is -2.37. The van der Waals surface area contributed by atoms with Gasteiger partial charge in [-0.1, -0.05) is 18.5 Å². The summed E-state index contributed by atoms with van der Waals surface area (Å²) in [5.41, 5.74) is 0.211. The molecule has 6 heteroatoms. The highest BCUT2D eigenvalue weighted by atomic mass is 127. The summed E-state index contributed by atoms with van der Waals surface area (Å²) in [5.74, 6) is 0. The standard InChI is InChI=1S/C13H18ClIN2O2/c1-5-6-17(12(18)19-13(2,3)4)10-7-11(14)16-8-9(10)15/h7-8H,5-6H2,1-4H3. The Balaban J connectivity index is 3.06. The number of amides is 1. The van der Waals surface area contributed by atoms with Gasteiger partial charge in [-0.05, 0) is 49.8 Å². The molecule has 0 aliphatic heterocycles. The lowest BCUT2D eigenvalue weighted by atomic mass is 10.2. The van der Waals surface area contributed by atoms with Crippen molar-refractivity contribution < 1.29 is 9.53 Å². The van der Waals surface area contributed by atoms with Gasteiger partial charge in [0.15, 0.2) is 0 Å². The second kappa shape index (κ2) is 6.74. The van der Waals surface area contributed by atoms with Gasteiger partial charge in [-0.25, -0.2) is 9.78 Å². The van der Waals surface area contributed by atoms with Crippen LogP contribution < -0.4 is 4.90 Å². The van der Waals surface area contributed by atoms with E-state index in [1.165, 1.54) is 0 Å². The zero-order valence-electron chi connectivity index (χ0n) is 11.5. The number of halogens is 2. The first-order valence-corrected chi connectivity index (χ1v) is 7.52. The summed E-state index contributed by atoms with van der Waals surface area (Å²) in [6, 6.07) is 1.68. The van der Waals surface area contributed by atoms with Gasteiger partial charge in [0.25, 0.3) is 0 Å². The van der Waals surface area contributed by atoms with Gasteiger partial charge < -0.3 is 4.74 Å². The van der Waals surface area contributed by atoms with Gasteiger partial charge in [-0.3, -0.25) is 4.90 Å². The van der Waals surface area contributed by atoms with Crippen LogP contribution in [0.5, 0.6) is 0 Å². The molecule has 1 aromatic rings. The zero-order valence-corrected chi connectivity index (χ0v) is 14.4. The average Bonchev–Trinajstić information content (AvgIpc) is 2.27. The van der Waals surface area contributed by atoms with E-state index in [0.29, 0.717) is 11.7 Å². The van der Waals surface area contributed by atoms with Crippen LogP contribution in [0.3, 0.4) is 0 Å². The van der Waals surface area contributed by atoms with Crippen LogP contribution in [0.15, 0.2) is 12.3 Å². The topological polar surface area (TPSA) is 42.4 Å². The average molecular weight is 397 g/mol. The molecule has 19 heavy (non-hydrogen) atoms. The number of rotatable bonds is 3. The summed E-state index contributed by atoms with van der Waals surface area (Å²) in [4.78, 5) is 17.8. The van der Waals surface area contributed by atoms with Crippen LogP contribution in [0, 0.1) is 3.57 Å². The van der Waals surface area contributed by atoms with E-state index < -0.39 is 5.60 Å². The lowest BCUT2D eigenvalue weighted by molar-refractivity contribution is 0.0580. The number of hydrogen-bond acceptors (Lipinski definition) is 3. The second-order valence-corrected chi connectivity index (χ2v) is 6.64. The molecule has 0 radical (unpaired) electrons. The Morgan fingerprint density at radius 3 is 2.68 bits per heavy atom. The second-order valence-electron chi connectivity index (χ2n) is 5.09. The van der Waals surface area contributed by atoms with Gasteiger partial charge >= 0.3 is 6.09 Å². The van der Waals surface area contributed by atoms with E-state index in [-0.39, 0.29) is 6.09 Å². The van der Waals surface area contributed by atoms with Crippen LogP contribution >= 0.6 is 34.2 Å². The van der Waals surface area contributed by atoms with Gasteiger partial charge in [0, 0.05) is 18.8 Å². The molecular weight excluding hydrogens is 379 g/mol. The lowest BCUT2D eigenvalue weighted by Gasteiger charge is -2.27. The summed E-state index contributed by atoms with van der Waals surface area (Å²) < 4.78 is 6.28. The summed E-state index contributed by atoms with van der Waals surface area (Å²) >= 11 is 8.04. The van der Waals surface area contributed by atoms with Crippen molar-refractivity contribution >= 4 is 46.0 Å². The Hall–Kier alpha value is -0.560. The number of pyridine rings is 1. The van der Waals surface area contributed by atoms with Crippen molar-refractivity contribution in [2.24, 2.45) is 0 Å². The molecule has 4 nitrogen and oxygen atoms in total. The predicted molar refractivity (Wildman–Crippen MR) is 85.8 cm³/mol. The minimum atomic E-state index is -0.522. The number of ether oxygens (including phenoxy) is 1. The molecule has 0 fully saturated rings. The maximum Gasteiger partial charge on any atom is 0.414 e. The van der Waals surface area contributed by atoms with Crippen molar-refractivity contribution in [1.29, 1.82) is 0 Å². The van der Waals surface area contributed by atoms with Crippen LogP contribution in [0.4, 0.5) is 10.5 Å². The van der Waals surface area contributed by atoms with Crippen molar-refractivity contribution in [3.05, 3.63) is 21.0 Å². The molecule has 1 amide bonds. The molecule has 0 saturated carbocycles. The third-order valence-electron chi connectivity index (χ3n) is 2.15. The van der Waals surface area contributed by atoms with E-state index in [2.05, 4.69) is 27.6 Å². The monoisotopic (exact) mass is 396 g/mol. The Morgan fingerprint density at radius 1 is 1.53 bits per heavy atom. The van der Waals surface area contributed by atoms with E-state index >= 15 is 0 Å². The normalized spacial score (nSPS) is 11.3. The van der Waals surface area contributed by atoms with Crippen LogP contribution in [0.1, 0.15) is 34.1 Å². The molecule has 0 unspecified atom stereocenters. The minimum absolute atomic E-state index is 0.361. The number of carbonyl (C=O) groups excluding carboxylic acids is 1. The van der Waals surface area contributed by atoms with Crippen LogP contribution in [0.2, 0.25) is 5.15 Å². The molecule has 1 aromatic heterocycles. The van der Waals surface area contributed by atoms with E-state index in [4.69, 9.17) is 16.3 Å². The van der Waals surface area contributed by atoms with E-state index in [1.54, 1.807) is 17.2 Å². The Morgan fingerprint density at radius 2 is 2.16 bits per heavy atom. The highest BCUT2D eigenvalue weighted by Gasteiger charge is 2.24. The molecular formula is C13H18ClIN2O2. The van der Waals surface area contributed by atoms with Crippen molar-refractivity contribution in [1.82, 2.24) is 4.98 Å². The van der Waals surface area contributed by atoms with Gasteiger partial charge in [-0.15, -0.1) is 0 Å². The van der Waals surface area contributed by atoms with Gasteiger partial charge in [0.2, 0.25) is 0 Å². The first-order valence-electron chi connectivity index (χ1n) is 6.06. The molecule has 0 N–H and O–H groups in total. The minimum Gasteiger partial charge on any atom is -0.443 e. The van der Waals surface area contributed by atoms with E-state index in [0.717, 1.165) is 15.7 Å². The van der Waals surface area contributed by atoms with Gasteiger partial charge in [0.05, 0.1) is 9.26 Å². The summed E-state index contributed by atoms with van der Waals surface area (Å²) in [6.07, 6.45) is 2.11. The molecule has 0 bridgehead atoms. The molecule has 0 saturated heterocycles. The molecule has 0 aromatic carbocycles. The van der Waals surface area contributed by atoms with Gasteiger partial charge in [-0.2, -0.15) is 0 Å². The fraction of sp³-hybridized carbons (Fsp3) is 0.538. The molecule has 0 aliphatic carbocycles. The largest absolute Gasteiger partial charge is 0.443 e. The highest BCUT2D eigenvalue weighted by molar-refractivity contribution is 14.1. The number of anilines is 1. The maximum absolute atomic E-state index is 12.2. The van der Waals surface area contributed by atoms with Crippen molar-refractivity contribution in [2.75, 3.05) is 11.4 Å². The smallest absolute Gasteiger partial charge is 0.414 e. The van der Waals surface area contributed by atoms with Crippen LogP contribution in [0.25, 0.3) is 0 Å². The maximum atomic E-state index is 12.2. The van der Waals surface area contributed by atoms with Crippen molar-refractivity contribution in [2.45, 2.75) is 39.7 Å². The number of nitrogens with zero attached hydrogens (tertiary/aromatic N) is 2. The first kappa shape index (κ1) is 16.5. The SMILES string of the molecule is CCCN(C(=O)OC(C)(C)C)c1cc(Cl)ncc1I. The van der Waals surface area contributed by atoms with Crippen LogP contribution in [-0.2, 0) is 4.74 Å². The Labute approximate surface area is 132 Å². The third kappa shape index (κ3) is 5.14. The van der Waals surface area contributed by atoms with Crippen LogP contribution in [-0.4, -0.2) is 23.2 Å². The Kier molecular flexibility index (Phi) is 5.85. The third-order valence-corrected chi connectivity index (χ3v) is 3.19. The fourth-order valence-corrected chi connectivity index (χ4v) is 2.20. The summed E-state index contributed by atoms with van der Waals surface area (Å²) in [6.45, 7) is 8.12. The molecule has 0 aliphatic rings. The van der Waals surface area contributed by atoms with Crippen molar-refractivity contribution in [3.8, 4) is 0 Å².